The van der Waals surface area contributed by atoms with Crippen LogP contribution in [0.25, 0.3) is 16.8 Å². The van der Waals surface area contributed by atoms with Crippen molar-refractivity contribution < 1.29 is 15.0 Å². The van der Waals surface area contributed by atoms with Gasteiger partial charge >= 0.3 is 0 Å². The van der Waals surface area contributed by atoms with Crippen LogP contribution in [0.3, 0.4) is 0 Å². The number of halogens is 1. The van der Waals surface area contributed by atoms with Gasteiger partial charge in [-0.15, -0.1) is 0 Å². The molecule has 0 heterocycles. The number of aliphatic hydroxyl groups is 1. The summed E-state index contributed by atoms with van der Waals surface area (Å²) in [7, 11) is 0. The van der Waals surface area contributed by atoms with Gasteiger partial charge < -0.3 is 10.2 Å². The van der Waals surface area contributed by atoms with Gasteiger partial charge in [0.2, 0.25) is 0 Å². The molecule has 0 aliphatic heterocycles. The first-order chi connectivity index (χ1) is 13.1. The zero-order valence-electron chi connectivity index (χ0n) is 14.3. The zero-order valence-corrected chi connectivity index (χ0v) is 15.0. The number of rotatable bonds is 5. The van der Waals surface area contributed by atoms with Gasteiger partial charge in [-0.05, 0) is 34.5 Å². The molecule has 1 amide bonds. The smallest absolute Gasteiger partial charge is 0.271 e. The van der Waals surface area contributed by atoms with E-state index in [0.717, 1.165) is 21.9 Å². The highest BCUT2D eigenvalue weighted by molar-refractivity contribution is 6.32. The molecule has 6 heteroatoms. The fraction of sp³-hybridized carbons (Fsp3) is 0.0476. The normalized spacial score (nSPS) is 11.5. The quantitative estimate of drug-likeness (QED) is 0.462. The van der Waals surface area contributed by atoms with E-state index in [1.807, 2.05) is 42.5 Å². The number of hydrogen-bond acceptors (Lipinski definition) is 4. The van der Waals surface area contributed by atoms with Crippen molar-refractivity contribution in [2.75, 3.05) is 6.61 Å². The highest BCUT2D eigenvalue weighted by Gasteiger charge is 2.07. The highest BCUT2D eigenvalue weighted by Crippen LogP contribution is 2.24. The Morgan fingerprint density at radius 1 is 1.07 bits per heavy atom. The molecule has 3 aromatic carbocycles. The van der Waals surface area contributed by atoms with E-state index in [4.69, 9.17) is 16.7 Å². The molecule has 5 nitrogen and oxygen atoms in total. The molecule has 0 radical (unpaired) electrons. The van der Waals surface area contributed by atoms with E-state index in [1.165, 1.54) is 18.2 Å². The fourth-order valence-corrected chi connectivity index (χ4v) is 2.84. The summed E-state index contributed by atoms with van der Waals surface area (Å²) in [5.74, 6) is -0.515. The Morgan fingerprint density at radius 3 is 2.48 bits per heavy atom. The van der Waals surface area contributed by atoms with E-state index in [0.29, 0.717) is 5.56 Å². The van der Waals surface area contributed by atoms with Crippen molar-refractivity contribution in [3.05, 3.63) is 82.4 Å². The average Bonchev–Trinajstić information content (AvgIpc) is 2.69. The molecule has 0 saturated carbocycles. The maximum atomic E-state index is 12.1. The Balaban J connectivity index is 1.83. The summed E-state index contributed by atoms with van der Waals surface area (Å²) < 4.78 is 0. The lowest BCUT2D eigenvalue weighted by Crippen LogP contribution is -2.17. The third-order valence-electron chi connectivity index (χ3n) is 3.97. The number of amides is 1. The van der Waals surface area contributed by atoms with Crippen molar-refractivity contribution in [1.82, 2.24) is 5.43 Å². The lowest BCUT2D eigenvalue weighted by atomic mass is 10.00. The Kier molecular flexibility index (Phi) is 5.86. The van der Waals surface area contributed by atoms with E-state index in [9.17, 15) is 9.90 Å². The molecule has 3 N–H and O–H groups in total. The first-order valence-corrected chi connectivity index (χ1v) is 8.59. The fourth-order valence-electron chi connectivity index (χ4n) is 2.66. The van der Waals surface area contributed by atoms with Gasteiger partial charge in [-0.3, -0.25) is 4.79 Å². The molecule has 3 aromatic rings. The molecule has 3 rings (SSSR count). The van der Waals surface area contributed by atoms with E-state index in [-0.39, 0.29) is 17.4 Å². The van der Waals surface area contributed by atoms with Crippen molar-refractivity contribution in [2.24, 2.45) is 5.10 Å². The van der Waals surface area contributed by atoms with Crippen molar-refractivity contribution in [3.8, 4) is 5.75 Å². The molecule has 0 bridgehead atoms. The van der Waals surface area contributed by atoms with Crippen molar-refractivity contribution in [3.63, 3.8) is 0 Å². The van der Waals surface area contributed by atoms with Crippen LogP contribution in [0, 0.1) is 0 Å². The van der Waals surface area contributed by atoms with Gasteiger partial charge in [0.15, 0.2) is 0 Å². The van der Waals surface area contributed by atoms with Gasteiger partial charge in [-0.2, -0.15) is 5.10 Å². The van der Waals surface area contributed by atoms with Gasteiger partial charge in [0.1, 0.15) is 5.75 Å². The van der Waals surface area contributed by atoms with E-state index >= 15 is 0 Å². The maximum Gasteiger partial charge on any atom is 0.271 e. The summed E-state index contributed by atoms with van der Waals surface area (Å²) in [4.78, 5) is 12.1. The molecule has 0 aromatic heterocycles. The summed E-state index contributed by atoms with van der Waals surface area (Å²) in [5.41, 5.74) is 4.58. The standard InChI is InChI=1S/C21H17ClN2O3/c22-19-12-15(9-10-20(19)26)21(27)24-23-13-16-8-7-14(4-3-11-25)17-5-1-2-6-18(16)17/h1-10,12-13,25-26H,11H2,(H,24,27)/b4-3+,23-13+. The Hall–Kier alpha value is -3.15. The lowest BCUT2D eigenvalue weighted by Gasteiger charge is -2.06. The largest absolute Gasteiger partial charge is 0.506 e. The highest BCUT2D eigenvalue weighted by atomic mass is 35.5. The average molecular weight is 381 g/mol. The van der Waals surface area contributed by atoms with Crippen LogP contribution < -0.4 is 5.43 Å². The number of aliphatic hydroxyl groups excluding tert-OH is 1. The molecular weight excluding hydrogens is 364 g/mol. The number of carbonyl (C=O) groups is 1. The van der Waals surface area contributed by atoms with Crippen molar-refractivity contribution in [1.29, 1.82) is 0 Å². The number of nitrogens with zero attached hydrogens (tertiary/aromatic N) is 1. The third-order valence-corrected chi connectivity index (χ3v) is 4.28. The SMILES string of the molecule is O=C(N/N=C/c1ccc(/C=C/CO)c2ccccc12)c1ccc(O)c(Cl)c1. The van der Waals surface area contributed by atoms with Gasteiger partial charge in [0, 0.05) is 11.1 Å². The van der Waals surface area contributed by atoms with Gasteiger partial charge in [-0.25, -0.2) is 5.43 Å². The first-order valence-electron chi connectivity index (χ1n) is 8.21. The van der Waals surface area contributed by atoms with Crippen LogP contribution in [0.15, 0.2) is 65.8 Å². The summed E-state index contributed by atoms with van der Waals surface area (Å²) >= 11 is 5.81. The Morgan fingerprint density at radius 2 is 1.78 bits per heavy atom. The molecule has 0 saturated heterocycles. The van der Waals surface area contributed by atoms with Crippen LogP contribution in [0.2, 0.25) is 5.02 Å². The van der Waals surface area contributed by atoms with Crippen molar-refractivity contribution in [2.45, 2.75) is 0 Å². The second-order valence-electron chi connectivity index (χ2n) is 5.74. The number of carbonyl (C=O) groups excluding carboxylic acids is 1. The second-order valence-corrected chi connectivity index (χ2v) is 6.15. The minimum atomic E-state index is -0.431. The lowest BCUT2D eigenvalue weighted by molar-refractivity contribution is 0.0955. The minimum Gasteiger partial charge on any atom is -0.506 e. The number of hydrazone groups is 1. The predicted octanol–water partition coefficient (Wildman–Crippen LogP) is 3.97. The Bertz CT molecular complexity index is 1040. The summed E-state index contributed by atoms with van der Waals surface area (Å²) in [6.07, 6.45) is 5.11. The molecule has 0 spiro atoms. The number of phenols is 1. The molecule has 0 fully saturated rings. The third kappa shape index (κ3) is 4.34. The summed E-state index contributed by atoms with van der Waals surface area (Å²) in [6, 6.07) is 15.8. The topological polar surface area (TPSA) is 81.9 Å². The summed E-state index contributed by atoms with van der Waals surface area (Å²) in [5, 5.41) is 24.5. The number of benzene rings is 3. The summed E-state index contributed by atoms with van der Waals surface area (Å²) in [6.45, 7) is -0.0230. The Labute approximate surface area is 161 Å². The molecule has 0 atom stereocenters. The number of fused-ring (bicyclic) bond motifs is 1. The van der Waals surface area contributed by atoms with Gasteiger partial charge in [0.05, 0.1) is 17.8 Å². The van der Waals surface area contributed by atoms with Gasteiger partial charge in [0.25, 0.3) is 5.91 Å². The van der Waals surface area contributed by atoms with E-state index in [2.05, 4.69) is 10.5 Å². The zero-order chi connectivity index (χ0) is 19.2. The van der Waals surface area contributed by atoms with Crippen LogP contribution in [0.4, 0.5) is 0 Å². The minimum absolute atomic E-state index is 0.0230. The van der Waals surface area contributed by atoms with Crippen LogP contribution in [0.1, 0.15) is 21.5 Å². The number of hydrogen-bond donors (Lipinski definition) is 3. The van der Waals surface area contributed by atoms with Crippen LogP contribution in [-0.2, 0) is 0 Å². The van der Waals surface area contributed by atoms with Crippen LogP contribution in [0.5, 0.6) is 5.75 Å². The molecular formula is C21H17ClN2O3. The van der Waals surface area contributed by atoms with Crippen LogP contribution in [-0.4, -0.2) is 28.9 Å². The molecule has 0 aliphatic carbocycles. The second kappa shape index (κ2) is 8.49. The molecule has 27 heavy (non-hydrogen) atoms. The van der Waals surface area contributed by atoms with Gasteiger partial charge in [-0.1, -0.05) is 60.2 Å². The molecule has 0 unspecified atom stereocenters. The first kappa shape index (κ1) is 18.6. The van der Waals surface area contributed by atoms with Crippen LogP contribution >= 0.6 is 11.6 Å². The predicted molar refractivity (Wildman–Crippen MR) is 108 cm³/mol. The van der Waals surface area contributed by atoms with E-state index in [1.54, 1.807) is 12.3 Å². The molecule has 0 aliphatic rings. The maximum absolute atomic E-state index is 12.1. The monoisotopic (exact) mass is 380 g/mol. The molecule has 136 valence electrons. The van der Waals surface area contributed by atoms with Crippen molar-refractivity contribution >= 4 is 40.6 Å². The van der Waals surface area contributed by atoms with E-state index < -0.39 is 5.91 Å². The number of nitrogens with one attached hydrogen (secondary N) is 1. The number of phenolic OH excluding ortho intramolecular Hbond substituents is 1. The number of aromatic hydroxyl groups is 1.